The molecule has 0 aliphatic carbocycles. The molecule has 0 aromatic rings. The molecule has 3 nitrogen and oxygen atoms in total. The second kappa shape index (κ2) is 8.56. The van der Waals surface area contributed by atoms with E-state index < -0.39 is 0 Å². The Morgan fingerprint density at radius 2 is 2.08 bits per heavy atom. The van der Waals surface area contributed by atoms with Crippen LogP contribution >= 0.6 is 0 Å². The summed E-state index contributed by atoms with van der Waals surface area (Å²) >= 11 is 0. The third kappa shape index (κ3) is 7.57. The monoisotopic (exact) mass is 174 g/mol. The molecule has 0 fully saturated rings. The van der Waals surface area contributed by atoms with Crippen LogP contribution in [-0.2, 0) is 14.2 Å². The van der Waals surface area contributed by atoms with Crippen LogP contribution in [0.15, 0.2) is 12.8 Å². The van der Waals surface area contributed by atoms with Crippen molar-refractivity contribution in [2.45, 2.75) is 26.6 Å². The lowest BCUT2D eigenvalue weighted by Gasteiger charge is -2.12. The van der Waals surface area contributed by atoms with Gasteiger partial charge in [-0.1, -0.05) is 6.58 Å². The molecule has 0 aromatic heterocycles. The summed E-state index contributed by atoms with van der Waals surface area (Å²) in [6.45, 7) is 9.27. The molecule has 0 amide bonds. The first kappa shape index (κ1) is 11.5. The molecule has 0 saturated carbocycles. The first-order valence-corrected chi connectivity index (χ1v) is 4.27. The molecular formula is C9H18O3. The molecule has 0 rings (SSSR count). The minimum absolute atomic E-state index is 0.112. The van der Waals surface area contributed by atoms with E-state index >= 15 is 0 Å². The third-order valence-electron chi connectivity index (χ3n) is 1.28. The molecule has 1 atom stereocenters. The SMILES string of the molecule is C=COCCCOC(C)OCC. The summed E-state index contributed by atoms with van der Waals surface area (Å²) in [5, 5.41) is 0. The van der Waals surface area contributed by atoms with Gasteiger partial charge in [-0.3, -0.25) is 0 Å². The highest BCUT2D eigenvalue weighted by Crippen LogP contribution is 1.94. The Kier molecular flexibility index (Phi) is 8.17. The average molecular weight is 174 g/mol. The smallest absolute Gasteiger partial charge is 0.154 e. The van der Waals surface area contributed by atoms with Crippen molar-refractivity contribution in [2.75, 3.05) is 19.8 Å². The molecule has 0 aliphatic rings. The van der Waals surface area contributed by atoms with Crippen molar-refractivity contribution in [2.24, 2.45) is 0 Å². The minimum atomic E-state index is -0.112. The highest BCUT2D eigenvalue weighted by molar-refractivity contribution is 4.48. The van der Waals surface area contributed by atoms with Crippen LogP contribution in [-0.4, -0.2) is 26.1 Å². The predicted molar refractivity (Wildman–Crippen MR) is 47.8 cm³/mol. The number of hydrogen-bond acceptors (Lipinski definition) is 3. The molecule has 0 N–H and O–H groups in total. The second-order valence-corrected chi connectivity index (χ2v) is 2.28. The van der Waals surface area contributed by atoms with E-state index in [1.54, 1.807) is 0 Å². The first-order chi connectivity index (χ1) is 5.81. The molecule has 0 spiro atoms. The van der Waals surface area contributed by atoms with E-state index in [4.69, 9.17) is 14.2 Å². The molecule has 0 aromatic carbocycles. The van der Waals surface area contributed by atoms with Crippen LogP contribution in [0.3, 0.4) is 0 Å². The van der Waals surface area contributed by atoms with Gasteiger partial charge in [0.25, 0.3) is 0 Å². The van der Waals surface area contributed by atoms with Gasteiger partial charge in [-0.15, -0.1) is 0 Å². The van der Waals surface area contributed by atoms with Gasteiger partial charge in [0.2, 0.25) is 0 Å². The standard InChI is InChI=1S/C9H18O3/c1-4-10-7-6-8-12-9(3)11-5-2/h4,9H,1,5-8H2,2-3H3. The van der Waals surface area contributed by atoms with Crippen LogP contribution in [0.5, 0.6) is 0 Å². The number of ether oxygens (including phenoxy) is 3. The molecule has 3 heteroatoms. The van der Waals surface area contributed by atoms with Crippen molar-refractivity contribution >= 4 is 0 Å². The van der Waals surface area contributed by atoms with Crippen LogP contribution in [0.1, 0.15) is 20.3 Å². The highest BCUT2D eigenvalue weighted by Gasteiger charge is 1.98. The van der Waals surface area contributed by atoms with Gasteiger partial charge < -0.3 is 14.2 Å². The van der Waals surface area contributed by atoms with Gasteiger partial charge in [-0.25, -0.2) is 0 Å². The summed E-state index contributed by atoms with van der Waals surface area (Å²) in [6, 6.07) is 0. The van der Waals surface area contributed by atoms with E-state index in [0.29, 0.717) is 19.8 Å². The fourth-order valence-corrected chi connectivity index (χ4v) is 0.758. The molecule has 0 radical (unpaired) electrons. The fourth-order valence-electron chi connectivity index (χ4n) is 0.758. The van der Waals surface area contributed by atoms with E-state index in [1.807, 2.05) is 13.8 Å². The summed E-state index contributed by atoms with van der Waals surface area (Å²) < 4.78 is 15.4. The van der Waals surface area contributed by atoms with Gasteiger partial charge >= 0.3 is 0 Å². The molecule has 72 valence electrons. The topological polar surface area (TPSA) is 27.7 Å². The van der Waals surface area contributed by atoms with Crippen molar-refractivity contribution < 1.29 is 14.2 Å². The van der Waals surface area contributed by atoms with Gasteiger partial charge in [0.05, 0.1) is 19.5 Å². The van der Waals surface area contributed by atoms with Gasteiger partial charge in [0.15, 0.2) is 6.29 Å². The normalized spacial score (nSPS) is 12.5. The van der Waals surface area contributed by atoms with Gasteiger partial charge in [0, 0.05) is 13.0 Å². The molecule has 1 unspecified atom stereocenters. The molecule has 0 bridgehead atoms. The van der Waals surface area contributed by atoms with Gasteiger partial charge in [-0.05, 0) is 13.8 Å². The number of hydrogen-bond donors (Lipinski definition) is 0. The lowest BCUT2D eigenvalue weighted by molar-refractivity contribution is -0.128. The van der Waals surface area contributed by atoms with Crippen molar-refractivity contribution in [1.82, 2.24) is 0 Å². The lowest BCUT2D eigenvalue weighted by atomic mass is 10.5. The Labute approximate surface area is 74.3 Å². The van der Waals surface area contributed by atoms with Crippen molar-refractivity contribution in [3.63, 3.8) is 0 Å². The van der Waals surface area contributed by atoms with E-state index in [2.05, 4.69) is 6.58 Å². The maximum absolute atomic E-state index is 5.29. The Morgan fingerprint density at radius 1 is 1.33 bits per heavy atom. The Balaban J connectivity index is 3.02. The quantitative estimate of drug-likeness (QED) is 0.320. The zero-order valence-corrected chi connectivity index (χ0v) is 7.91. The summed E-state index contributed by atoms with van der Waals surface area (Å²) in [7, 11) is 0. The van der Waals surface area contributed by atoms with Crippen molar-refractivity contribution in [3.05, 3.63) is 12.8 Å². The zero-order chi connectivity index (χ0) is 9.23. The minimum Gasteiger partial charge on any atom is -0.502 e. The lowest BCUT2D eigenvalue weighted by Crippen LogP contribution is -2.14. The Bertz CT molecular complexity index is 104. The van der Waals surface area contributed by atoms with E-state index in [1.165, 1.54) is 6.26 Å². The third-order valence-corrected chi connectivity index (χ3v) is 1.28. The molecule has 0 saturated heterocycles. The highest BCUT2D eigenvalue weighted by atomic mass is 16.7. The fraction of sp³-hybridized carbons (Fsp3) is 0.778. The summed E-state index contributed by atoms with van der Waals surface area (Å²) in [6.07, 6.45) is 2.19. The summed E-state index contributed by atoms with van der Waals surface area (Å²) in [5.74, 6) is 0. The summed E-state index contributed by atoms with van der Waals surface area (Å²) in [5.41, 5.74) is 0. The van der Waals surface area contributed by atoms with Crippen molar-refractivity contribution in [3.8, 4) is 0 Å². The largest absolute Gasteiger partial charge is 0.502 e. The van der Waals surface area contributed by atoms with E-state index in [-0.39, 0.29) is 6.29 Å². The first-order valence-electron chi connectivity index (χ1n) is 4.27. The van der Waals surface area contributed by atoms with E-state index in [9.17, 15) is 0 Å². The molecular weight excluding hydrogens is 156 g/mol. The Morgan fingerprint density at radius 3 is 2.67 bits per heavy atom. The van der Waals surface area contributed by atoms with Crippen molar-refractivity contribution in [1.29, 1.82) is 0 Å². The Hall–Kier alpha value is -0.540. The van der Waals surface area contributed by atoms with E-state index in [0.717, 1.165) is 6.42 Å². The van der Waals surface area contributed by atoms with Crippen LogP contribution in [0, 0.1) is 0 Å². The molecule has 0 aliphatic heterocycles. The average Bonchev–Trinajstić information content (AvgIpc) is 2.05. The predicted octanol–water partition coefficient (Wildman–Crippen LogP) is 1.94. The maximum atomic E-state index is 5.29. The number of rotatable bonds is 8. The summed E-state index contributed by atoms with van der Waals surface area (Å²) in [4.78, 5) is 0. The maximum Gasteiger partial charge on any atom is 0.154 e. The molecule has 12 heavy (non-hydrogen) atoms. The van der Waals surface area contributed by atoms with Crippen LogP contribution in [0.25, 0.3) is 0 Å². The van der Waals surface area contributed by atoms with Crippen LogP contribution in [0.2, 0.25) is 0 Å². The zero-order valence-electron chi connectivity index (χ0n) is 7.91. The van der Waals surface area contributed by atoms with Gasteiger partial charge in [0.1, 0.15) is 0 Å². The van der Waals surface area contributed by atoms with Crippen LogP contribution < -0.4 is 0 Å². The molecule has 0 heterocycles. The second-order valence-electron chi connectivity index (χ2n) is 2.28. The van der Waals surface area contributed by atoms with Crippen LogP contribution in [0.4, 0.5) is 0 Å². The van der Waals surface area contributed by atoms with Gasteiger partial charge in [-0.2, -0.15) is 0 Å².